The van der Waals surface area contributed by atoms with E-state index in [9.17, 15) is 0 Å². The van der Waals surface area contributed by atoms with Gasteiger partial charge in [0.15, 0.2) is 0 Å². The molecule has 0 atom stereocenters. The SMILES string of the molecule is CCc1nn(C)c(OC)c1CNc1ccc2cccc(Br)c2n1. The minimum Gasteiger partial charge on any atom is -0.481 e. The molecule has 120 valence electrons. The molecule has 0 amide bonds. The average Bonchev–Trinajstić information content (AvgIpc) is 2.88. The second-order valence-corrected chi connectivity index (χ2v) is 6.13. The molecular formula is C17H19BrN4O. The topological polar surface area (TPSA) is 52.0 Å². The van der Waals surface area contributed by atoms with E-state index in [-0.39, 0.29) is 0 Å². The maximum Gasteiger partial charge on any atom is 0.216 e. The third kappa shape index (κ3) is 3.03. The summed E-state index contributed by atoms with van der Waals surface area (Å²) in [6.45, 7) is 2.72. The molecule has 0 unspecified atom stereocenters. The number of ether oxygens (including phenoxy) is 1. The standard InChI is InChI=1S/C17H19BrN4O/c1-4-14-12(17(23-3)22(2)21-14)10-19-15-9-8-11-6-5-7-13(18)16(11)20-15/h5-9H,4,10H2,1-3H3,(H,19,20). The van der Waals surface area contributed by atoms with Gasteiger partial charge in [0.25, 0.3) is 0 Å². The summed E-state index contributed by atoms with van der Waals surface area (Å²) < 4.78 is 8.24. The molecule has 3 rings (SSSR count). The van der Waals surface area contributed by atoms with Crippen LogP contribution < -0.4 is 10.1 Å². The number of benzene rings is 1. The first-order valence-corrected chi connectivity index (χ1v) is 8.31. The van der Waals surface area contributed by atoms with Crippen molar-refractivity contribution in [3.63, 3.8) is 0 Å². The van der Waals surface area contributed by atoms with Crippen molar-refractivity contribution in [1.82, 2.24) is 14.8 Å². The number of aryl methyl sites for hydroxylation is 2. The molecule has 2 heterocycles. The van der Waals surface area contributed by atoms with Crippen LogP contribution >= 0.6 is 15.9 Å². The van der Waals surface area contributed by atoms with Crippen molar-refractivity contribution < 1.29 is 4.74 Å². The molecule has 6 heteroatoms. The summed E-state index contributed by atoms with van der Waals surface area (Å²) in [5, 5.41) is 8.99. The first-order valence-electron chi connectivity index (χ1n) is 7.52. The molecule has 3 aromatic rings. The minimum atomic E-state index is 0.628. The van der Waals surface area contributed by atoms with Crippen molar-refractivity contribution >= 4 is 32.7 Å². The lowest BCUT2D eigenvalue weighted by Crippen LogP contribution is -2.05. The van der Waals surface area contributed by atoms with Gasteiger partial charge >= 0.3 is 0 Å². The van der Waals surface area contributed by atoms with Gasteiger partial charge in [-0.2, -0.15) is 5.10 Å². The maximum absolute atomic E-state index is 5.47. The average molecular weight is 375 g/mol. The number of nitrogens with zero attached hydrogens (tertiary/aromatic N) is 3. The van der Waals surface area contributed by atoms with Crippen LogP contribution in [0.3, 0.4) is 0 Å². The van der Waals surface area contributed by atoms with Crippen LogP contribution in [0, 0.1) is 0 Å². The predicted molar refractivity (Wildman–Crippen MR) is 95.9 cm³/mol. The second kappa shape index (κ2) is 6.58. The number of rotatable bonds is 5. The number of halogens is 1. The summed E-state index contributed by atoms with van der Waals surface area (Å²) in [6.07, 6.45) is 0.866. The number of methoxy groups -OCH3 is 1. The molecule has 0 spiro atoms. The van der Waals surface area contributed by atoms with E-state index in [4.69, 9.17) is 4.74 Å². The van der Waals surface area contributed by atoms with E-state index in [1.165, 1.54) is 0 Å². The van der Waals surface area contributed by atoms with E-state index in [1.54, 1.807) is 11.8 Å². The van der Waals surface area contributed by atoms with Crippen LogP contribution in [0.15, 0.2) is 34.8 Å². The number of aromatic nitrogens is 3. The quantitative estimate of drug-likeness (QED) is 0.735. The Kier molecular flexibility index (Phi) is 4.52. The van der Waals surface area contributed by atoms with Gasteiger partial charge < -0.3 is 10.1 Å². The lowest BCUT2D eigenvalue weighted by atomic mass is 10.2. The molecule has 0 aliphatic rings. The van der Waals surface area contributed by atoms with Gasteiger partial charge in [0.05, 0.1) is 23.9 Å². The van der Waals surface area contributed by atoms with Gasteiger partial charge in [0, 0.05) is 23.5 Å². The van der Waals surface area contributed by atoms with Crippen molar-refractivity contribution in [2.75, 3.05) is 12.4 Å². The number of anilines is 1. The number of nitrogens with one attached hydrogen (secondary N) is 1. The normalized spacial score (nSPS) is 11.0. The monoisotopic (exact) mass is 374 g/mol. The van der Waals surface area contributed by atoms with Crippen molar-refractivity contribution in [2.45, 2.75) is 19.9 Å². The number of fused-ring (bicyclic) bond motifs is 1. The van der Waals surface area contributed by atoms with Gasteiger partial charge in [0.1, 0.15) is 5.82 Å². The molecule has 0 saturated carbocycles. The number of para-hydroxylation sites is 1. The zero-order valence-electron chi connectivity index (χ0n) is 13.4. The Bertz CT molecular complexity index is 844. The lowest BCUT2D eigenvalue weighted by Gasteiger charge is -2.09. The van der Waals surface area contributed by atoms with Gasteiger partial charge in [-0.1, -0.05) is 19.1 Å². The van der Waals surface area contributed by atoms with Crippen molar-refractivity contribution in [3.05, 3.63) is 46.1 Å². The lowest BCUT2D eigenvalue weighted by molar-refractivity contribution is 0.369. The Morgan fingerprint density at radius 3 is 2.83 bits per heavy atom. The smallest absolute Gasteiger partial charge is 0.216 e. The molecule has 0 radical (unpaired) electrons. The molecule has 0 fully saturated rings. The highest BCUT2D eigenvalue weighted by Crippen LogP contribution is 2.25. The summed E-state index contributed by atoms with van der Waals surface area (Å²) in [6, 6.07) is 10.1. The Hall–Kier alpha value is -2.08. The Labute approximate surface area is 143 Å². The highest BCUT2D eigenvalue weighted by Gasteiger charge is 2.15. The Balaban J connectivity index is 1.88. The molecule has 5 nitrogen and oxygen atoms in total. The molecule has 2 aromatic heterocycles. The van der Waals surface area contributed by atoms with Crippen LogP contribution in [-0.2, 0) is 20.0 Å². The number of hydrogen-bond acceptors (Lipinski definition) is 4. The summed E-state index contributed by atoms with van der Waals surface area (Å²) in [5.41, 5.74) is 3.07. The molecule has 0 saturated heterocycles. The fourth-order valence-corrected chi connectivity index (χ4v) is 3.18. The predicted octanol–water partition coefficient (Wildman–Crippen LogP) is 3.91. The molecule has 1 aromatic carbocycles. The molecule has 0 aliphatic heterocycles. The highest BCUT2D eigenvalue weighted by atomic mass is 79.9. The number of pyridine rings is 1. The first-order chi connectivity index (χ1) is 11.1. The molecular weight excluding hydrogens is 356 g/mol. The van der Waals surface area contributed by atoms with Crippen LogP contribution in [-0.4, -0.2) is 21.9 Å². The second-order valence-electron chi connectivity index (χ2n) is 5.27. The summed E-state index contributed by atoms with van der Waals surface area (Å²) in [5.74, 6) is 1.62. The fourth-order valence-electron chi connectivity index (χ4n) is 2.71. The van der Waals surface area contributed by atoms with E-state index in [0.717, 1.165) is 44.8 Å². The summed E-state index contributed by atoms with van der Waals surface area (Å²) in [4.78, 5) is 4.68. The van der Waals surface area contributed by atoms with E-state index in [0.29, 0.717) is 6.54 Å². The van der Waals surface area contributed by atoms with Crippen LogP contribution in [0.5, 0.6) is 5.88 Å². The van der Waals surface area contributed by atoms with E-state index in [1.807, 2.05) is 25.2 Å². The van der Waals surface area contributed by atoms with Gasteiger partial charge in [-0.25, -0.2) is 9.67 Å². The zero-order valence-corrected chi connectivity index (χ0v) is 15.0. The minimum absolute atomic E-state index is 0.628. The van der Waals surface area contributed by atoms with Crippen LogP contribution in [0.1, 0.15) is 18.2 Å². The molecule has 0 bridgehead atoms. The van der Waals surface area contributed by atoms with E-state index in [2.05, 4.69) is 50.4 Å². The van der Waals surface area contributed by atoms with Gasteiger partial charge in [0.2, 0.25) is 5.88 Å². The third-order valence-corrected chi connectivity index (χ3v) is 4.46. The van der Waals surface area contributed by atoms with Crippen LogP contribution in [0.25, 0.3) is 10.9 Å². The first kappa shape index (κ1) is 15.8. The summed E-state index contributed by atoms with van der Waals surface area (Å²) in [7, 11) is 3.57. The Morgan fingerprint density at radius 1 is 1.26 bits per heavy atom. The van der Waals surface area contributed by atoms with Gasteiger partial charge in [-0.05, 0) is 40.5 Å². The zero-order chi connectivity index (χ0) is 16.4. The Morgan fingerprint density at radius 2 is 2.09 bits per heavy atom. The molecule has 23 heavy (non-hydrogen) atoms. The molecule has 0 aliphatic carbocycles. The largest absolute Gasteiger partial charge is 0.481 e. The molecule has 1 N–H and O–H groups in total. The van der Waals surface area contributed by atoms with E-state index >= 15 is 0 Å². The fraction of sp³-hybridized carbons (Fsp3) is 0.294. The van der Waals surface area contributed by atoms with Crippen molar-refractivity contribution in [1.29, 1.82) is 0 Å². The van der Waals surface area contributed by atoms with Gasteiger partial charge in [-0.15, -0.1) is 0 Å². The number of hydrogen-bond donors (Lipinski definition) is 1. The van der Waals surface area contributed by atoms with Crippen molar-refractivity contribution in [3.8, 4) is 5.88 Å². The van der Waals surface area contributed by atoms with Crippen LogP contribution in [0.4, 0.5) is 5.82 Å². The summed E-state index contributed by atoms with van der Waals surface area (Å²) >= 11 is 3.55. The van der Waals surface area contributed by atoms with Gasteiger partial charge in [-0.3, -0.25) is 0 Å². The maximum atomic E-state index is 5.47. The third-order valence-electron chi connectivity index (χ3n) is 3.82. The van der Waals surface area contributed by atoms with Crippen LogP contribution in [0.2, 0.25) is 0 Å². The van der Waals surface area contributed by atoms with Crippen molar-refractivity contribution in [2.24, 2.45) is 7.05 Å². The van der Waals surface area contributed by atoms with E-state index < -0.39 is 0 Å². The highest BCUT2D eigenvalue weighted by molar-refractivity contribution is 9.10.